The van der Waals surface area contributed by atoms with Crippen LogP contribution in [-0.2, 0) is 4.74 Å². The van der Waals surface area contributed by atoms with Crippen molar-refractivity contribution in [3.63, 3.8) is 0 Å². The normalized spacial score (nSPS) is 20.1. The highest BCUT2D eigenvalue weighted by molar-refractivity contribution is 5.69. The summed E-state index contributed by atoms with van der Waals surface area (Å²) >= 11 is 0. The maximum atomic E-state index is 10.2. The second kappa shape index (κ2) is 1.40. The van der Waals surface area contributed by atoms with Gasteiger partial charge in [0.25, 0.3) is 0 Å². The van der Waals surface area contributed by atoms with Crippen molar-refractivity contribution in [2.75, 3.05) is 13.2 Å². The van der Waals surface area contributed by atoms with Crippen molar-refractivity contribution in [2.24, 2.45) is 0 Å². The van der Waals surface area contributed by atoms with E-state index in [1.54, 1.807) is 0 Å². The summed E-state index contributed by atoms with van der Waals surface area (Å²) in [7, 11) is 3.38. The topological polar surface area (TPSA) is 29.5 Å². The van der Waals surface area contributed by atoms with Gasteiger partial charge in [0.05, 0.1) is 6.54 Å². The molecule has 0 aliphatic carbocycles. The Bertz CT molecular complexity index is 91.7. The average molecular weight is 100 g/mol. The molecule has 0 spiro atoms. The number of rotatable bonds is 0. The molecule has 0 bridgehead atoms. The summed E-state index contributed by atoms with van der Waals surface area (Å²) in [6, 6.07) is 0. The van der Waals surface area contributed by atoms with Crippen molar-refractivity contribution in [3.05, 3.63) is 7.05 Å². The predicted molar refractivity (Wildman–Crippen MR) is 23.4 cm³/mol. The summed E-state index contributed by atoms with van der Waals surface area (Å²) in [5.74, 6) is 0. The Hall–Kier alpha value is -0.730. The summed E-state index contributed by atoms with van der Waals surface area (Å²) in [5.41, 5.74) is 0. The van der Waals surface area contributed by atoms with Crippen LogP contribution >= 0.6 is 0 Å². The minimum Gasteiger partial charge on any atom is -0.448 e. The molecule has 0 N–H and O–H groups in total. The van der Waals surface area contributed by atoms with Gasteiger partial charge in [-0.05, 0) is 0 Å². The second-order valence-electron chi connectivity index (χ2n) is 1.38. The van der Waals surface area contributed by atoms with E-state index >= 15 is 0 Å². The van der Waals surface area contributed by atoms with Crippen LogP contribution in [0, 0.1) is 7.05 Å². The van der Waals surface area contributed by atoms with Crippen LogP contribution < -0.4 is 0 Å². The Kier molecular flexibility index (Phi) is 0.889. The van der Waals surface area contributed by atoms with E-state index in [1.165, 1.54) is 4.90 Å². The molecule has 1 aliphatic heterocycles. The standard InChI is InChI=1S/C4H6NO2/c1-5-2-3-7-4(5)6/h1-3H2. The van der Waals surface area contributed by atoms with Gasteiger partial charge in [0.1, 0.15) is 6.61 Å². The fraction of sp³-hybridized carbons (Fsp3) is 0.500. The SMILES string of the molecule is [CH2]N1CCOC1=O. The molecule has 0 unspecified atom stereocenters. The summed E-state index contributed by atoms with van der Waals surface area (Å²) in [4.78, 5) is 11.5. The summed E-state index contributed by atoms with van der Waals surface area (Å²) in [5, 5.41) is 0. The van der Waals surface area contributed by atoms with E-state index in [2.05, 4.69) is 11.8 Å². The molecule has 3 heteroatoms. The number of carbonyl (C=O) groups excluding carboxylic acids is 1. The van der Waals surface area contributed by atoms with Crippen LogP contribution in [0.4, 0.5) is 4.79 Å². The molecule has 1 radical (unpaired) electrons. The lowest BCUT2D eigenvalue weighted by atomic mass is 10.7. The van der Waals surface area contributed by atoms with Crippen LogP contribution in [0.1, 0.15) is 0 Å². The average Bonchev–Trinajstić information content (AvgIpc) is 1.91. The first-order valence-corrected chi connectivity index (χ1v) is 2.05. The van der Waals surface area contributed by atoms with Crippen LogP contribution in [0.25, 0.3) is 0 Å². The molecule has 0 saturated carbocycles. The van der Waals surface area contributed by atoms with Gasteiger partial charge in [0.2, 0.25) is 0 Å². The number of hydrogen-bond donors (Lipinski definition) is 0. The van der Waals surface area contributed by atoms with Crippen LogP contribution in [0.15, 0.2) is 0 Å². The Morgan fingerprint density at radius 3 is 2.71 bits per heavy atom. The minimum absolute atomic E-state index is 0.319. The van der Waals surface area contributed by atoms with Crippen LogP contribution in [0.2, 0.25) is 0 Å². The first-order chi connectivity index (χ1) is 3.30. The number of hydrogen-bond acceptors (Lipinski definition) is 2. The van der Waals surface area contributed by atoms with Gasteiger partial charge in [-0.15, -0.1) is 0 Å². The highest BCUT2D eigenvalue weighted by Crippen LogP contribution is 1.98. The maximum Gasteiger partial charge on any atom is 0.409 e. The zero-order chi connectivity index (χ0) is 5.28. The lowest BCUT2D eigenvalue weighted by Gasteiger charge is -1.98. The Balaban J connectivity index is 2.48. The van der Waals surface area contributed by atoms with E-state index in [-0.39, 0.29) is 6.09 Å². The number of carbonyl (C=O) groups is 1. The van der Waals surface area contributed by atoms with Crippen molar-refractivity contribution < 1.29 is 9.53 Å². The van der Waals surface area contributed by atoms with E-state index in [1.807, 2.05) is 0 Å². The molecule has 1 aliphatic rings. The molecule has 0 aromatic rings. The molecule has 39 valence electrons. The Morgan fingerprint density at radius 2 is 2.57 bits per heavy atom. The van der Waals surface area contributed by atoms with Crippen molar-refractivity contribution >= 4 is 6.09 Å². The molecule has 1 saturated heterocycles. The van der Waals surface area contributed by atoms with E-state index in [4.69, 9.17) is 0 Å². The first-order valence-electron chi connectivity index (χ1n) is 2.05. The highest BCUT2D eigenvalue weighted by atomic mass is 16.6. The number of amides is 1. The third-order valence-electron chi connectivity index (χ3n) is 0.845. The Morgan fingerprint density at radius 1 is 1.86 bits per heavy atom. The van der Waals surface area contributed by atoms with Crippen molar-refractivity contribution in [2.45, 2.75) is 0 Å². The Labute approximate surface area is 41.9 Å². The van der Waals surface area contributed by atoms with Crippen LogP contribution in [-0.4, -0.2) is 24.1 Å². The summed E-state index contributed by atoms with van der Waals surface area (Å²) in [6.45, 7) is 1.11. The zero-order valence-corrected chi connectivity index (χ0v) is 3.89. The molecular weight excluding hydrogens is 94.0 g/mol. The van der Waals surface area contributed by atoms with Gasteiger partial charge >= 0.3 is 6.09 Å². The van der Waals surface area contributed by atoms with Gasteiger partial charge in [-0.3, -0.25) is 0 Å². The molecule has 1 fully saturated rings. The molecule has 3 nitrogen and oxygen atoms in total. The van der Waals surface area contributed by atoms with Crippen LogP contribution in [0.3, 0.4) is 0 Å². The number of ether oxygens (including phenoxy) is 1. The van der Waals surface area contributed by atoms with E-state index < -0.39 is 0 Å². The monoisotopic (exact) mass is 100 g/mol. The van der Waals surface area contributed by atoms with Crippen molar-refractivity contribution in [1.29, 1.82) is 0 Å². The molecule has 7 heavy (non-hydrogen) atoms. The predicted octanol–water partition coefficient (Wildman–Crippen LogP) is 0.230. The lowest BCUT2D eigenvalue weighted by molar-refractivity contribution is 0.165. The van der Waals surface area contributed by atoms with Gasteiger partial charge < -0.3 is 9.64 Å². The van der Waals surface area contributed by atoms with E-state index in [0.717, 1.165) is 0 Å². The summed E-state index contributed by atoms with van der Waals surface area (Å²) in [6.07, 6.45) is -0.319. The number of nitrogens with zero attached hydrogens (tertiary/aromatic N) is 1. The molecular formula is C4H6NO2. The smallest absolute Gasteiger partial charge is 0.409 e. The molecule has 1 amide bonds. The quantitative estimate of drug-likeness (QED) is 0.436. The van der Waals surface area contributed by atoms with Crippen molar-refractivity contribution in [1.82, 2.24) is 4.90 Å². The second-order valence-corrected chi connectivity index (χ2v) is 1.38. The van der Waals surface area contributed by atoms with E-state index in [9.17, 15) is 4.79 Å². The van der Waals surface area contributed by atoms with Gasteiger partial charge in [0.15, 0.2) is 0 Å². The van der Waals surface area contributed by atoms with Crippen molar-refractivity contribution in [3.8, 4) is 0 Å². The molecule has 0 aromatic heterocycles. The lowest BCUT2D eigenvalue weighted by Crippen LogP contribution is -2.14. The highest BCUT2D eigenvalue weighted by Gasteiger charge is 2.15. The van der Waals surface area contributed by atoms with Gasteiger partial charge in [-0.2, -0.15) is 0 Å². The molecule has 0 aromatic carbocycles. The fourth-order valence-electron chi connectivity index (χ4n) is 0.426. The minimum atomic E-state index is -0.319. The molecule has 1 heterocycles. The van der Waals surface area contributed by atoms with E-state index in [0.29, 0.717) is 13.2 Å². The largest absolute Gasteiger partial charge is 0.448 e. The third kappa shape index (κ3) is 0.656. The fourth-order valence-corrected chi connectivity index (χ4v) is 0.426. The van der Waals surface area contributed by atoms with Crippen LogP contribution in [0.5, 0.6) is 0 Å². The third-order valence-corrected chi connectivity index (χ3v) is 0.845. The van der Waals surface area contributed by atoms with Gasteiger partial charge in [0, 0.05) is 7.05 Å². The van der Waals surface area contributed by atoms with Gasteiger partial charge in [-0.1, -0.05) is 0 Å². The zero-order valence-electron chi connectivity index (χ0n) is 3.89. The summed E-state index contributed by atoms with van der Waals surface area (Å²) < 4.78 is 4.49. The van der Waals surface area contributed by atoms with Gasteiger partial charge in [-0.25, -0.2) is 4.79 Å². The molecule has 0 atom stereocenters. The maximum absolute atomic E-state index is 10.2. The first kappa shape index (κ1) is 4.43. The molecule has 1 rings (SSSR count). The number of cyclic esters (lactones) is 1.